The molecule has 0 fully saturated rings. The molecule has 1 aromatic carbocycles. The van der Waals surface area contributed by atoms with E-state index >= 15 is 0 Å². The summed E-state index contributed by atoms with van der Waals surface area (Å²) in [5.41, 5.74) is -3.32. The molecule has 0 saturated carbocycles. The summed E-state index contributed by atoms with van der Waals surface area (Å²) in [6, 6.07) is 3.59. The second-order valence-electron chi connectivity index (χ2n) is 5.21. The van der Waals surface area contributed by atoms with Gasteiger partial charge in [-0.05, 0) is 43.7 Å². The predicted octanol–water partition coefficient (Wildman–Crippen LogP) is 3.09. The van der Waals surface area contributed by atoms with Gasteiger partial charge in [0, 0.05) is 0 Å². The zero-order valence-electron chi connectivity index (χ0n) is 11.7. The highest BCUT2D eigenvalue weighted by Gasteiger charge is 2.23. The van der Waals surface area contributed by atoms with Crippen molar-refractivity contribution in [2.24, 2.45) is 0 Å². The van der Waals surface area contributed by atoms with E-state index in [1.807, 2.05) is 0 Å². The Morgan fingerprint density at radius 1 is 1.09 bits per heavy atom. The van der Waals surface area contributed by atoms with E-state index in [2.05, 4.69) is 4.98 Å². The maximum atomic E-state index is 14.1. The molecule has 1 heterocycles. The Morgan fingerprint density at radius 2 is 1.64 bits per heavy atom. The van der Waals surface area contributed by atoms with Crippen LogP contribution in [0.3, 0.4) is 0 Å². The highest BCUT2D eigenvalue weighted by atomic mass is 19.1. The van der Waals surface area contributed by atoms with Crippen molar-refractivity contribution in [3.05, 3.63) is 53.0 Å². The van der Waals surface area contributed by atoms with Gasteiger partial charge < -0.3 is 10.2 Å². The number of aliphatic hydroxyl groups is 1. The first-order chi connectivity index (χ1) is 10.1. The largest absolute Gasteiger partial charge is 0.476 e. The summed E-state index contributed by atoms with van der Waals surface area (Å²) in [6.45, 7) is 2.72. The van der Waals surface area contributed by atoms with Crippen LogP contribution in [0.15, 0.2) is 24.3 Å². The van der Waals surface area contributed by atoms with Crippen LogP contribution in [-0.2, 0) is 5.60 Å². The highest BCUT2D eigenvalue weighted by Crippen LogP contribution is 2.30. The van der Waals surface area contributed by atoms with E-state index in [1.165, 1.54) is 13.8 Å². The van der Waals surface area contributed by atoms with Gasteiger partial charge in [-0.25, -0.2) is 22.9 Å². The van der Waals surface area contributed by atoms with Gasteiger partial charge in [0.1, 0.15) is 11.6 Å². The summed E-state index contributed by atoms with van der Waals surface area (Å²) < 4.78 is 41.5. The number of aromatic carboxylic acids is 1. The average Bonchev–Trinajstić information content (AvgIpc) is 2.38. The van der Waals surface area contributed by atoms with Crippen LogP contribution in [0.25, 0.3) is 11.3 Å². The molecule has 2 rings (SSSR count). The van der Waals surface area contributed by atoms with E-state index in [4.69, 9.17) is 5.11 Å². The van der Waals surface area contributed by atoms with Crippen LogP contribution in [0.1, 0.15) is 29.9 Å². The fourth-order valence-corrected chi connectivity index (χ4v) is 1.90. The lowest BCUT2D eigenvalue weighted by Crippen LogP contribution is -2.16. The predicted molar refractivity (Wildman–Crippen MR) is 71.8 cm³/mol. The fraction of sp³-hybridized carbons (Fsp3) is 0.200. The number of aromatic nitrogens is 1. The maximum Gasteiger partial charge on any atom is 0.357 e. The van der Waals surface area contributed by atoms with E-state index in [-0.39, 0.29) is 11.3 Å². The van der Waals surface area contributed by atoms with Gasteiger partial charge in [-0.15, -0.1) is 0 Å². The molecule has 0 amide bonds. The molecule has 2 aromatic rings. The molecule has 0 aliphatic rings. The highest BCUT2D eigenvalue weighted by molar-refractivity contribution is 5.86. The number of halogens is 3. The van der Waals surface area contributed by atoms with E-state index in [0.29, 0.717) is 0 Å². The van der Waals surface area contributed by atoms with E-state index in [1.54, 1.807) is 0 Å². The maximum absolute atomic E-state index is 14.1. The molecule has 1 aromatic heterocycles. The third kappa shape index (κ3) is 2.94. The van der Waals surface area contributed by atoms with Crippen LogP contribution in [0.5, 0.6) is 0 Å². The van der Waals surface area contributed by atoms with Gasteiger partial charge in [-0.3, -0.25) is 0 Å². The number of benzene rings is 1. The zero-order valence-corrected chi connectivity index (χ0v) is 11.7. The first-order valence-electron chi connectivity index (χ1n) is 6.23. The lowest BCUT2D eigenvalue weighted by Gasteiger charge is -2.19. The van der Waals surface area contributed by atoms with Gasteiger partial charge in [0.2, 0.25) is 0 Å². The summed E-state index contributed by atoms with van der Waals surface area (Å²) >= 11 is 0. The first kappa shape index (κ1) is 16.0. The van der Waals surface area contributed by atoms with Crippen molar-refractivity contribution in [1.29, 1.82) is 0 Å². The summed E-state index contributed by atoms with van der Waals surface area (Å²) in [5.74, 6) is -4.82. The molecule has 0 saturated heterocycles. The van der Waals surface area contributed by atoms with Crippen LogP contribution in [-0.4, -0.2) is 21.2 Å². The SMILES string of the molecule is CC(C)(O)c1cc(F)c(-c2ccc(F)c(C(=O)O)n2)c(F)c1. The normalized spacial score (nSPS) is 11.5. The second-order valence-corrected chi connectivity index (χ2v) is 5.21. The fourth-order valence-electron chi connectivity index (χ4n) is 1.90. The number of hydrogen-bond acceptors (Lipinski definition) is 3. The Bertz CT molecular complexity index is 731. The molecular weight excluding hydrogens is 299 g/mol. The van der Waals surface area contributed by atoms with Crippen molar-refractivity contribution in [3.63, 3.8) is 0 Å². The Labute approximate surface area is 123 Å². The number of rotatable bonds is 3. The molecule has 0 spiro atoms. The molecule has 2 N–H and O–H groups in total. The minimum Gasteiger partial charge on any atom is -0.476 e. The van der Waals surface area contributed by atoms with E-state index < -0.39 is 40.3 Å². The summed E-state index contributed by atoms with van der Waals surface area (Å²) in [4.78, 5) is 14.3. The quantitative estimate of drug-likeness (QED) is 0.914. The van der Waals surface area contributed by atoms with Crippen LogP contribution in [0.4, 0.5) is 13.2 Å². The minimum absolute atomic E-state index is 0.00631. The summed E-state index contributed by atoms with van der Waals surface area (Å²) in [6.07, 6.45) is 0. The number of hydrogen-bond donors (Lipinski definition) is 2. The molecule has 4 nitrogen and oxygen atoms in total. The van der Waals surface area contributed by atoms with Crippen molar-refractivity contribution in [2.75, 3.05) is 0 Å². The van der Waals surface area contributed by atoms with Gasteiger partial charge in [0.15, 0.2) is 11.5 Å². The third-order valence-corrected chi connectivity index (χ3v) is 3.05. The number of carboxylic acids is 1. The molecule has 0 aliphatic carbocycles. The molecule has 7 heteroatoms. The van der Waals surface area contributed by atoms with Crippen molar-refractivity contribution >= 4 is 5.97 Å². The van der Waals surface area contributed by atoms with Crippen LogP contribution in [0, 0.1) is 17.5 Å². The molecular formula is C15H12F3NO3. The van der Waals surface area contributed by atoms with Crippen molar-refractivity contribution in [3.8, 4) is 11.3 Å². The van der Waals surface area contributed by atoms with Gasteiger partial charge in [0.05, 0.1) is 16.9 Å². The number of carbonyl (C=O) groups is 1. The monoisotopic (exact) mass is 311 g/mol. The number of carboxylic acid groups (broad SMARTS) is 1. The molecule has 0 aliphatic heterocycles. The first-order valence-corrected chi connectivity index (χ1v) is 6.23. The second kappa shape index (κ2) is 5.42. The molecule has 0 unspecified atom stereocenters. The van der Waals surface area contributed by atoms with E-state index in [0.717, 1.165) is 24.3 Å². The van der Waals surface area contributed by atoms with Crippen molar-refractivity contribution < 1.29 is 28.2 Å². The molecule has 116 valence electrons. The van der Waals surface area contributed by atoms with Gasteiger partial charge in [-0.1, -0.05) is 0 Å². The standard InChI is InChI=1S/C15H12F3NO3/c1-15(2,22)7-5-9(17)12(10(18)6-7)11-4-3-8(16)13(19-11)14(20)21/h3-6,22H,1-2H3,(H,20,21). The van der Waals surface area contributed by atoms with Crippen molar-refractivity contribution in [2.45, 2.75) is 19.4 Å². The van der Waals surface area contributed by atoms with Gasteiger partial charge >= 0.3 is 5.97 Å². The molecule has 0 bridgehead atoms. The summed E-state index contributed by atoms with van der Waals surface area (Å²) in [5, 5.41) is 18.6. The van der Waals surface area contributed by atoms with Crippen LogP contribution in [0.2, 0.25) is 0 Å². The Morgan fingerprint density at radius 3 is 2.09 bits per heavy atom. The minimum atomic E-state index is -1.65. The number of nitrogens with zero attached hydrogens (tertiary/aromatic N) is 1. The number of pyridine rings is 1. The van der Waals surface area contributed by atoms with Gasteiger partial charge in [0.25, 0.3) is 0 Å². The Kier molecular flexibility index (Phi) is 3.93. The average molecular weight is 311 g/mol. The smallest absolute Gasteiger partial charge is 0.357 e. The lowest BCUT2D eigenvalue weighted by molar-refractivity contribution is 0.0684. The lowest BCUT2D eigenvalue weighted by atomic mass is 9.95. The molecule has 0 atom stereocenters. The third-order valence-electron chi connectivity index (χ3n) is 3.05. The molecule has 22 heavy (non-hydrogen) atoms. The zero-order chi connectivity index (χ0) is 16.7. The van der Waals surface area contributed by atoms with E-state index in [9.17, 15) is 23.1 Å². The van der Waals surface area contributed by atoms with Gasteiger partial charge in [-0.2, -0.15) is 0 Å². The Balaban J connectivity index is 2.64. The Hall–Kier alpha value is -2.41. The topological polar surface area (TPSA) is 70.4 Å². The molecule has 0 radical (unpaired) electrons. The van der Waals surface area contributed by atoms with Crippen molar-refractivity contribution in [1.82, 2.24) is 4.98 Å². The summed E-state index contributed by atoms with van der Waals surface area (Å²) in [7, 11) is 0. The van der Waals surface area contributed by atoms with Crippen LogP contribution < -0.4 is 0 Å². The van der Waals surface area contributed by atoms with Crippen LogP contribution >= 0.6 is 0 Å².